The Morgan fingerprint density at radius 1 is 1.41 bits per heavy atom. The van der Waals surface area contributed by atoms with Crippen molar-refractivity contribution in [2.24, 2.45) is 34.3 Å². The van der Waals surface area contributed by atoms with Gasteiger partial charge in [-0.05, 0) is 68.1 Å². The van der Waals surface area contributed by atoms with Crippen molar-refractivity contribution in [2.75, 3.05) is 6.54 Å². The van der Waals surface area contributed by atoms with Crippen molar-refractivity contribution >= 4 is 5.78 Å². The predicted molar refractivity (Wildman–Crippen MR) is 86.0 cm³/mol. The molecule has 0 bridgehead atoms. The number of rotatable bonds is 1. The lowest BCUT2D eigenvalue weighted by molar-refractivity contribution is -0.114. The smallest absolute Gasteiger partial charge is 0.178 e. The van der Waals surface area contributed by atoms with Crippen molar-refractivity contribution in [1.29, 1.82) is 0 Å². The number of fused-ring (bicyclic) bond motifs is 5. The Morgan fingerprint density at radius 3 is 3.00 bits per heavy atom. The Morgan fingerprint density at radius 2 is 2.23 bits per heavy atom. The highest BCUT2D eigenvalue weighted by Crippen LogP contribution is 2.64. The second-order valence-electron chi connectivity index (χ2n) is 8.25. The molecule has 0 aromatic carbocycles. The van der Waals surface area contributed by atoms with Crippen molar-refractivity contribution < 1.29 is 9.90 Å². The summed E-state index contributed by atoms with van der Waals surface area (Å²) in [5, 5.41) is 11.0. The van der Waals surface area contributed by atoms with Crippen LogP contribution in [0.3, 0.4) is 0 Å². The quantitative estimate of drug-likeness (QED) is 0.782. The fraction of sp³-hybridized carbons (Fsp3) is 0.737. The zero-order valence-corrected chi connectivity index (χ0v) is 13.4. The molecule has 0 heterocycles. The molecule has 0 spiro atoms. The second kappa shape index (κ2) is 4.78. The molecule has 0 amide bonds. The average molecular weight is 301 g/mol. The van der Waals surface area contributed by atoms with Gasteiger partial charge in [0.25, 0.3) is 0 Å². The highest BCUT2D eigenvalue weighted by molar-refractivity contribution is 6.01. The molecule has 3 nitrogen and oxygen atoms in total. The molecule has 0 unspecified atom stereocenters. The minimum atomic E-state index is -0.297. The number of allylic oxidation sites excluding steroid dienone is 4. The van der Waals surface area contributed by atoms with Gasteiger partial charge in [-0.15, -0.1) is 0 Å². The van der Waals surface area contributed by atoms with Crippen LogP contribution in [-0.2, 0) is 4.79 Å². The number of ketones is 1. The molecule has 4 aliphatic carbocycles. The first-order valence-corrected chi connectivity index (χ1v) is 8.82. The van der Waals surface area contributed by atoms with Crippen LogP contribution in [0.1, 0.15) is 45.4 Å². The summed E-state index contributed by atoms with van der Waals surface area (Å²) in [5.41, 5.74) is 7.43. The van der Waals surface area contributed by atoms with Crippen LogP contribution in [0, 0.1) is 28.6 Å². The van der Waals surface area contributed by atoms with E-state index in [1.807, 2.05) is 6.08 Å². The van der Waals surface area contributed by atoms with Crippen molar-refractivity contribution in [3.05, 3.63) is 23.8 Å². The fourth-order valence-corrected chi connectivity index (χ4v) is 6.45. The van der Waals surface area contributed by atoms with Crippen LogP contribution in [0.2, 0.25) is 0 Å². The first-order chi connectivity index (χ1) is 10.5. The average Bonchev–Trinajstić information content (AvgIpc) is 2.91. The van der Waals surface area contributed by atoms with Crippen molar-refractivity contribution in [2.45, 2.75) is 51.6 Å². The Bertz CT molecular complexity index is 566. The molecular weight excluding hydrogens is 274 g/mol. The highest BCUT2D eigenvalue weighted by atomic mass is 16.3. The predicted octanol–water partition coefficient (Wildman–Crippen LogP) is 2.59. The van der Waals surface area contributed by atoms with E-state index in [9.17, 15) is 9.90 Å². The van der Waals surface area contributed by atoms with E-state index in [1.54, 1.807) is 6.08 Å². The van der Waals surface area contributed by atoms with E-state index in [1.165, 1.54) is 24.8 Å². The Kier molecular flexibility index (Phi) is 3.18. The van der Waals surface area contributed by atoms with Gasteiger partial charge >= 0.3 is 0 Å². The van der Waals surface area contributed by atoms with Gasteiger partial charge in [0.1, 0.15) is 0 Å². The first-order valence-electron chi connectivity index (χ1n) is 8.82. The molecule has 3 fully saturated rings. The molecule has 4 rings (SSSR count). The number of carbonyl (C=O) groups excluding carboxylic acids is 1. The molecule has 22 heavy (non-hydrogen) atoms. The van der Waals surface area contributed by atoms with Crippen LogP contribution in [-0.4, -0.2) is 23.5 Å². The molecule has 3 N–H and O–H groups in total. The number of hydrogen-bond donors (Lipinski definition) is 2. The lowest BCUT2D eigenvalue weighted by atomic mass is 9.47. The number of hydrogen-bond acceptors (Lipinski definition) is 3. The molecule has 4 aliphatic rings. The molecule has 0 radical (unpaired) electrons. The molecule has 0 aliphatic heterocycles. The number of aliphatic hydroxyl groups excluding tert-OH is 1. The molecule has 120 valence electrons. The van der Waals surface area contributed by atoms with Gasteiger partial charge in [0, 0.05) is 11.3 Å². The minimum absolute atomic E-state index is 0.105. The van der Waals surface area contributed by atoms with Gasteiger partial charge in [0.2, 0.25) is 0 Å². The Hall–Kier alpha value is -0.930. The minimum Gasteiger partial charge on any atom is -0.393 e. The van der Waals surface area contributed by atoms with Gasteiger partial charge in [-0.1, -0.05) is 25.0 Å². The first kappa shape index (κ1) is 14.6. The Labute approximate surface area is 132 Å². The number of carbonyl (C=O) groups is 1. The normalized spacial score (nSPS) is 50.1. The van der Waals surface area contributed by atoms with Gasteiger partial charge < -0.3 is 10.8 Å². The molecule has 6 atom stereocenters. The van der Waals surface area contributed by atoms with E-state index in [4.69, 9.17) is 5.73 Å². The van der Waals surface area contributed by atoms with Gasteiger partial charge in [-0.25, -0.2) is 0 Å². The van der Waals surface area contributed by atoms with E-state index in [2.05, 4.69) is 13.0 Å². The summed E-state index contributed by atoms with van der Waals surface area (Å²) < 4.78 is 0. The van der Waals surface area contributed by atoms with Gasteiger partial charge in [-0.3, -0.25) is 4.79 Å². The molecular formula is C19H27NO2. The van der Waals surface area contributed by atoms with Crippen LogP contribution in [0.25, 0.3) is 0 Å². The van der Waals surface area contributed by atoms with E-state index < -0.39 is 0 Å². The highest BCUT2D eigenvalue weighted by Gasteiger charge is 2.59. The van der Waals surface area contributed by atoms with E-state index in [0.29, 0.717) is 18.4 Å². The summed E-state index contributed by atoms with van der Waals surface area (Å²) in [4.78, 5) is 11.7. The zero-order chi connectivity index (χ0) is 15.5. The summed E-state index contributed by atoms with van der Waals surface area (Å²) in [6.07, 6.45) is 12.0. The lowest BCUT2D eigenvalue weighted by Gasteiger charge is -2.58. The van der Waals surface area contributed by atoms with Crippen LogP contribution < -0.4 is 5.73 Å². The topological polar surface area (TPSA) is 63.3 Å². The van der Waals surface area contributed by atoms with Crippen LogP contribution >= 0.6 is 0 Å². The molecule has 3 heteroatoms. The third kappa shape index (κ3) is 1.78. The van der Waals surface area contributed by atoms with Gasteiger partial charge in [0.05, 0.1) is 6.10 Å². The van der Waals surface area contributed by atoms with Crippen molar-refractivity contribution in [3.63, 3.8) is 0 Å². The van der Waals surface area contributed by atoms with Crippen molar-refractivity contribution in [1.82, 2.24) is 0 Å². The van der Waals surface area contributed by atoms with Crippen LogP contribution in [0.15, 0.2) is 23.8 Å². The standard InChI is InChI=1S/C19H27NO2/c1-18-8-6-13(21)9-12(18)4-5-14-15-3-2-7-19(15,11-20)10-16(22)17(14)18/h6,8-9,14-17,22H,2-5,7,10-11,20H2,1H3/t14-,15-,16+,17+,18-,19-/m0/s1. The van der Waals surface area contributed by atoms with Gasteiger partial charge in [0.15, 0.2) is 5.78 Å². The summed E-state index contributed by atoms with van der Waals surface area (Å²) in [6, 6.07) is 0. The number of nitrogens with two attached hydrogens (primary N) is 1. The second-order valence-corrected chi connectivity index (χ2v) is 8.25. The van der Waals surface area contributed by atoms with E-state index in [-0.39, 0.29) is 28.6 Å². The molecule has 0 saturated heterocycles. The third-order valence-corrected chi connectivity index (χ3v) is 7.43. The van der Waals surface area contributed by atoms with E-state index >= 15 is 0 Å². The summed E-state index contributed by atoms with van der Waals surface area (Å²) in [7, 11) is 0. The fourth-order valence-electron chi connectivity index (χ4n) is 6.45. The molecule has 0 aromatic rings. The lowest BCUT2D eigenvalue weighted by Crippen LogP contribution is -2.57. The number of aliphatic hydroxyl groups is 1. The van der Waals surface area contributed by atoms with Crippen LogP contribution in [0.5, 0.6) is 0 Å². The summed E-state index contributed by atoms with van der Waals surface area (Å²) >= 11 is 0. The van der Waals surface area contributed by atoms with Crippen molar-refractivity contribution in [3.8, 4) is 0 Å². The molecule has 0 aromatic heterocycles. The zero-order valence-electron chi connectivity index (χ0n) is 13.4. The SMILES string of the molecule is C[C@]12C=CC(=O)C=C1CC[C@@H]1[C@@H]2[C@H](O)C[C@]2(CN)CCC[C@@H]12. The van der Waals surface area contributed by atoms with Crippen LogP contribution in [0.4, 0.5) is 0 Å². The molecule has 3 saturated carbocycles. The summed E-state index contributed by atoms with van der Waals surface area (Å²) in [5.74, 6) is 1.57. The monoisotopic (exact) mass is 301 g/mol. The maximum Gasteiger partial charge on any atom is 0.178 e. The van der Waals surface area contributed by atoms with E-state index in [0.717, 1.165) is 19.3 Å². The maximum absolute atomic E-state index is 11.7. The Balaban J connectivity index is 1.75. The van der Waals surface area contributed by atoms with Gasteiger partial charge in [-0.2, -0.15) is 0 Å². The summed E-state index contributed by atoms with van der Waals surface area (Å²) in [6.45, 7) is 2.94. The third-order valence-electron chi connectivity index (χ3n) is 7.43. The maximum atomic E-state index is 11.7. The largest absolute Gasteiger partial charge is 0.393 e.